The van der Waals surface area contributed by atoms with Crippen LogP contribution in [0.5, 0.6) is 0 Å². The number of hydrogen-bond donors (Lipinski definition) is 1. The van der Waals surface area contributed by atoms with E-state index in [0.29, 0.717) is 5.82 Å². The molecule has 0 aliphatic carbocycles. The molecule has 16 heavy (non-hydrogen) atoms. The molecule has 0 atom stereocenters. The molecular weight excluding hydrogens is 220 g/mol. The van der Waals surface area contributed by atoms with Crippen molar-refractivity contribution in [1.29, 1.82) is 0 Å². The van der Waals surface area contributed by atoms with Crippen molar-refractivity contribution in [1.82, 2.24) is 14.9 Å². The molecule has 1 heterocycles. The summed E-state index contributed by atoms with van der Waals surface area (Å²) in [6, 6.07) is 9.84. The van der Waals surface area contributed by atoms with Gasteiger partial charge in [0.2, 0.25) is 5.16 Å². The molecule has 1 aromatic carbocycles. The van der Waals surface area contributed by atoms with Crippen LogP contribution < -0.4 is 5.84 Å². The molecule has 1 aromatic heterocycles. The van der Waals surface area contributed by atoms with Crippen LogP contribution in [0.2, 0.25) is 0 Å². The molecule has 0 bridgehead atoms. The smallest absolute Gasteiger partial charge is 0.210 e. The van der Waals surface area contributed by atoms with E-state index in [1.54, 1.807) is 16.4 Å². The van der Waals surface area contributed by atoms with E-state index in [0.717, 1.165) is 22.9 Å². The summed E-state index contributed by atoms with van der Waals surface area (Å²) in [6.07, 6.45) is 1.10. The third-order valence-electron chi connectivity index (χ3n) is 2.13. The molecule has 0 fully saturated rings. The molecule has 2 rings (SSSR count). The van der Waals surface area contributed by atoms with E-state index in [-0.39, 0.29) is 0 Å². The average Bonchev–Trinajstić information content (AvgIpc) is 2.69. The van der Waals surface area contributed by atoms with E-state index >= 15 is 0 Å². The Hall–Kier alpha value is -1.49. The van der Waals surface area contributed by atoms with Gasteiger partial charge in [-0.2, -0.15) is 0 Å². The van der Waals surface area contributed by atoms with Gasteiger partial charge in [-0.1, -0.05) is 49.0 Å². The Bertz CT molecular complexity index is 452. The Morgan fingerprint density at radius 1 is 1.25 bits per heavy atom. The number of nitrogens with zero attached hydrogens (tertiary/aromatic N) is 3. The number of aromatic nitrogens is 3. The van der Waals surface area contributed by atoms with E-state index in [2.05, 4.69) is 17.1 Å². The number of nitrogens with two attached hydrogens (primary N) is 1. The second-order valence-electron chi connectivity index (χ2n) is 3.39. The van der Waals surface area contributed by atoms with Gasteiger partial charge in [0.15, 0.2) is 5.82 Å². The first-order chi connectivity index (χ1) is 7.83. The lowest BCUT2D eigenvalue weighted by Crippen LogP contribution is -2.11. The van der Waals surface area contributed by atoms with Crippen molar-refractivity contribution < 1.29 is 0 Å². The first kappa shape index (κ1) is 11.0. The van der Waals surface area contributed by atoms with Crippen LogP contribution in [0.4, 0.5) is 0 Å². The maximum atomic E-state index is 5.95. The zero-order valence-electron chi connectivity index (χ0n) is 9.13. The fourth-order valence-corrected chi connectivity index (χ4v) is 2.06. The highest BCUT2D eigenvalue weighted by Crippen LogP contribution is 2.21. The van der Waals surface area contributed by atoms with Crippen LogP contribution in [0.15, 0.2) is 35.5 Å². The highest BCUT2D eigenvalue weighted by Gasteiger charge is 2.10. The maximum Gasteiger partial charge on any atom is 0.210 e. The number of hydrogen-bond acceptors (Lipinski definition) is 4. The highest BCUT2D eigenvalue weighted by atomic mass is 32.2. The first-order valence-electron chi connectivity index (χ1n) is 5.21. The van der Waals surface area contributed by atoms with Gasteiger partial charge in [0.25, 0.3) is 0 Å². The minimum Gasteiger partial charge on any atom is -0.335 e. The second-order valence-corrected chi connectivity index (χ2v) is 4.45. The molecule has 0 spiro atoms. The summed E-state index contributed by atoms with van der Waals surface area (Å²) in [4.78, 5) is 0. The third-order valence-corrected chi connectivity index (χ3v) is 3.28. The molecule has 84 valence electrons. The summed E-state index contributed by atoms with van der Waals surface area (Å²) in [7, 11) is 0. The number of nitrogen functional groups attached to an aromatic ring is 1. The lowest BCUT2D eigenvalue weighted by atomic mass is 10.2. The minimum atomic E-state index is 0.708. The van der Waals surface area contributed by atoms with Gasteiger partial charge < -0.3 is 5.84 Å². The van der Waals surface area contributed by atoms with Gasteiger partial charge in [-0.15, -0.1) is 10.2 Å². The topological polar surface area (TPSA) is 56.7 Å². The van der Waals surface area contributed by atoms with Gasteiger partial charge in [-0.05, 0) is 6.42 Å². The van der Waals surface area contributed by atoms with Crippen molar-refractivity contribution in [3.8, 4) is 11.4 Å². The number of benzene rings is 1. The SMILES string of the molecule is CCCSc1nnc(-c2ccccc2)n1N. The zero-order chi connectivity index (χ0) is 11.4. The van der Waals surface area contributed by atoms with E-state index in [9.17, 15) is 0 Å². The third kappa shape index (κ3) is 2.19. The number of thioether (sulfide) groups is 1. The summed E-state index contributed by atoms with van der Waals surface area (Å²) in [5.41, 5.74) is 0.987. The monoisotopic (exact) mass is 234 g/mol. The Morgan fingerprint density at radius 2 is 2.00 bits per heavy atom. The Balaban J connectivity index is 2.27. The predicted molar refractivity (Wildman–Crippen MR) is 66.6 cm³/mol. The molecular formula is C11H14N4S. The van der Waals surface area contributed by atoms with Gasteiger partial charge in [-0.3, -0.25) is 0 Å². The summed E-state index contributed by atoms with van der Waals surface area (Å²) >= 11 is 1.63. The summed E-state index contributed by atoms with van der Waals surface area (Å²) < 4.78 is 1.55. The molecule has 2 aromatic rings. The van der Waals surface area contributed by atoms with E-state index in [1.165, 1.54) is 0 Å². The second kappa shape index (κ2) is 5.03. The van der Waals surface area contributed by atoms with Gasteiger partial charge >= 0.3 is 0 Å². The molecule has 0 saturated carbocycles. The summed E-state index contributed by atoms with van der Waals surface area (Å²) in [5, 5.41) is 8.95. The van der Waals surface area contributed by atoms with E-state index < -0.39 is 0 Å². The van der Waals surface area contributed by atoms with Crippen molar-refractivity contribution in [2.45, 2.75) is 18.5 Å². The van der Waals surface area contributed by atoms with E-state index in [4.69, 9.17) is 5.84 Å². The summed E-state index contributed by atoms with van der Waals surface area (Å²) in [6.45, 7) is 2.13. The van der Waals surface area contributed by atoms with Crippen LogP contribution in [0, 0.1) is 0 Å². The van der Waals surface area contributed by atoms with Crippen LogP contribution in [-0.4, -0.2) is 20.6 Å². The lowest BCUT2D eigenvalue weighted by Gasteiger charge is -2.02. The van der Waals surface area contributed by atoms with Crippen molar-refractivity contribution in [3.05, 3.63) is 30.3 Å². The van der Waals surface area contributed by atoms with Gasteiger partial charge in [0.1, 0.15) is 0 Å². The molecule has 0 saturated heterocycles. The molecule has 0 amide bonds. The standard InChI is InChI=1S/C11H14N4S/c1-2-8-16-11-14-13-10(15(11)12)9-6-4-3-5-7-9/h3-7H,2,8,12H2,1H3. The van der Waals surface area contributed by atoms with Crippen molar-refractivity contribution >= 4 is 11.8 Å². The molecule has 2 N–H and O–H groups in total. The van der Waals surface area contributed by atoms with Gasteiger partial charge in [-0.25, -0.2) is 4.68 Å². The molecule has 4 nitrogen and oxygen atoms in total. The average molecular weight is 234 g/mol. The van der Waals surface area contributed by atoms with Crippen molar-refractivity contribution in [2.24, 2.45) is 0 Å². The fraction of sp³-hybridized carbons (Fsp3) is 0.273. The first-order valence-corrected chi connectivity index (χ1v) is 6.20. The molecule has 5 heteroatoms. The van der Waals surface area contributed by atoms with Crippen LogP contribution in [-0.2, 0) is 0 Å². The quantitative estimate of drug-likeness (QED) is 0.650. The van der Waals surface area contributed by atoms with Gasteiger partial charge in [0, 0.05) is 11.3 Å². The van der Waals surface area contributed by atoms with Crippen molar-refractivity contribution in [2.75, 3.05) is 11.6 Å². The van der Waals surface area contributed by atoms with Crippen molar-refractivity contribution in [3.63, 3.8) is 0 Å². The Labute approximate surface area is 98.8 Å². The number of rotatable bonds is 4. The van der Waals surface area contributed by atoms with E-state index in [1.807, 2.05) is 30.3 Å². The predicted octanol–water partition coefficient (Wildman–Crippen LogP) is 2.16. The highest BCUT2D eigenvalue weighted by molar-refractivity contribution is 7.99. The summed E-state index contributed by atoms with van der Waals surface area (Å²) in [5.74, 6) is 7.66. The molecule has 0 aliphatic rings. The molecule has 0 unspecified atom stereocenters. The normalized spacial score (nSPS) is 10.6. The van der Waals surface area contributed by atoms with Crippen LogP contribution in [0.3, 0.4) is 0 Å². The van der Waals surface area contributed by atoms with Crippen LogP contribution >= 0.6 is 11.8 Å². The Kier molecular flexibility index (Phi) is 3.46. The van der Waals surface area contributed by atoms with Crippen LogP contribution in [0.1, 0.15) is 13.3 Å². The molecule has 0 aliphatic heterocycles. The Morgan fingerprint density at radius 3 is 2.69 bits per heavy atom. The van der Waals surface area contributed by atoms with Crippen LogP contribution in [0.25, 0.3) is 11.4 Å². The van der Waals surface area contributed by atoms with Gasteiger partial charge in [0.05, 0.1) is 0 Å². The zero-order valence-corrected chi connectivity index (χ0v) is 9.94. The largest absolute Gasteiger partial charge is 0.335 e. The molecule has 0 radical (unpaired) electrons. The minimum absolute atomic E-state index is 0.708. The lowest BCUT2D eigenvalue weighted by molar-refractivity contribution is 0.848. The maximum absolute atomic E-state index is 5.95. The fourth-order valence-electron chi connectivity index (χ4n) is 1.35.